The van der Waals surface area contributed by atoms with Gasteiger partial charge in [0.2, 0.25) is 0 Å². The van der Waals surface area contributed by atoms with Gasteiger partial charge in [-0.3, -0.25) is 0 Å². The second-order valence-corrected chi connectivity index (χ2v) is 4.53. The Hall–Kier alpha value is -0.130. The van der Waals surface area contributed by atoms with Gasteiger partial charge in [0.25, 0.3) is 0 Å². The van der Waals surface area contributed by atoms with Crippen molar-refractivity contribution in [1.29, 1.82) is 0 Å². The Balaban J connectivity index is 2.46. The minimum atomic E-state index is -0.726. The fourth-order valence-corrected chi connectivity index (χ4v) is 1.71. The van der Waals surface area contributed by atoms with Crippen LogP contribution < -0.4 is 5.32 Å². The SMILES string of the molecule is OCC(O)CNCc1cc(Br)ccc1Cl. The Kier molecular flexibility index (Phi) is 5.56. The molecule has 0 radical (unpaired) electrons. The van der Waals surface area contributed by atoms with Crippen LogP contribution in [0.4, 0.5) is 0 Å². The van der Waals surface area contributed by atoms with Gasteiger partial charge in [0.1, 0.15) is 0 Å². The number of aliphatic hydroxyl groups is 2. The second kappa shape index (κ2) is 6.45. The first-order valence-corrected chi connectivity index (χ1v) is 5.74. The van der Waals surface area contributed by atoms with Crippen LogP contribution in [0.5, 0.6) is 0 Å². The molecule has 3 nitrogen and oxygen atoms in total. The molecule has 5 heteroatoms. The third-order valence-corrected chi connectivity index (χ3v) is 2.78. The van der Waals surface area contributed by atoms with Crippen molar-refractivity contribution in [3.8, 4) is 0 Å². The summed E-state index contributed by atoms with van der Waals surface area (Å²) in [5.41, 5.74) is 0.955. The molecule has 0 spiro atoms. The molecule has 0 aliphatic rings. The maximum absolute atomic E-state index is 9.11. The van der Waals surface area contributed by atoms with Crippen molar-refractivity contribution in [2.75, 3.05) is 13.2 Å². The normalized spacial score (nSPS) is 12.8. The molecular weight excluding hydrogens is 281 g/mol. The van der Waals surface area contributed by atoms with Gasteiger partial charge < -0.3 is 15.5 Å². The molecule has 1 unspecified atom stereocenters. The molecular formula is C10H13BrClNO2. The summed E-state index contributed by atoms with van der Waals surface area (Å²) in [6.45, 7) is 0.674. The van der Waals surface area contributed by atoms with Crippen LogP contribution in [0.15, 0.2) is 22.7 Å². The van der Waals surface area contributed by atoms with E-state index in [1.165, 1.54) is 0 Å². The average Bonchev–Trinajstić information content (AvgIpc) is 2.23. The van der Waals surface area contributed by atoms with Crippen molar-refractivity contribution in [3.63, 3.8) is 0 Å². The summed E-state index contributed by atoms with van der Waals surface area (Å²) >= 11 is 9.33. The summed E-state index contributed by atoms with van der Waals surface area (Å²) in [5, 5.41) is 21.4. The molecule has 1 atom stereocenters. The van der Waals surface area contributed by atoms with E-state index in [0.29, 0.717) is 18.1 Å². The summed E-state index contributed by atoms with van der Waals surface area (Å²) < 4.78 is 0.964. The molecule has 1 rings (SSSR count). The lowest BCUT2D eigenvalue weighted by atomic mass is 10.2. The van der Waals surface area contributed by atoms with E-state index in [4.69, 9.17) is 21.8 Å². The van der Waals surface area contributed by atoms with Gasteiger partial charge in [-0.15, -0.1) is 0 Å². The Morgan fingerprint density at radius 2 is 2.20 bits per heavy atom. The third kappa shape index (κ3) is 4.49. The minimum Gasteiger partial charge on any atom is -0.394 e. The van der Waals surface area contributed by atoms with E-state index in [2.05, 4.69) is 21.2 Å². The quantitative estimate of drug-likeness (QED) is 0.772. The van der Waals surface area contributed by atoms with Crippen LogP contribution >= 0.6 is 27.5 Å². The number of hydrogen-bond donors (Lipinski definition) is 3. The van der Waals surface area contributed by atoms with E-state index in [0.717, 1.165) is 10.0 Å². The molecule has 84 valence electrons. The molecule has 0 fully saturated rings. The number of hydrogen-bond acceptors (Lipinski definition) is 3. The number of aliphatic hydroxyl groups excluding tert-OH is 2. The molecule has 0 bridgehead atoms. The molecule has 0 heterocycles. The predicted octanol–water partition coefficient (Wildman–Crippen LogP) is 1.55. The monoisotopic (exact) mass is 293 g/mol. The summed E-state index contributed by atoms with van der Waals surface area (Å²) in [6, 6.07) is 5.60. The van der Waals surface area contributed by atoms with Crippen LogP contribution in [-0.2, 0) is 6.54 Å². The zero-order valence-electron chi connectivity index (χ0n) is 8.08. The summed E-state index contributed by atoms with van der Waals surface area (Å²) in [5.74, 6) is 0. The van der Waals surface area contributed by atoms with Gasteiger partial charge >= 0.3 is 0 Å². The maximum Gasteiger partial charge on any atom is 0.0895 e. The van der Waals surface area contributed by atoms with E-state index >= 15 is 0 Å². The van der Waals surface area contributed by atoms with Crippen LogP contribution in [0, 0.1) is 0 Å². The van der Waals surface area contributed by atoms with Crippen molar-refractivity contribution in [1.82, 2.24) is 5.32 Å². The van der Waals surface area contributed by atoms with Gasteiger partial charge in [-0.2, -0.15) is 0 Å². The predicted molar refractivity (Wildman–Crippen MR) is 64.0 cm³/mol. The van der Waals surface area contributed by atoms with Crippen molar-refractivity contribution in [3.05, 3.63) is 33.3 Å². The fraction of sp³-hybridized carbons (Fsp3) is 0.400. The van der Waals surface area contributed by atoms with Crippen LogP contribution in [0.3, 0.4) is 0 Å². The maximum atomic E-state index is 9.11. The highest BCUT2D eigenvalue weighted by atomic mass is 79.9. The standard InChI is InChI=1S/C10H13BrClNO2/c11-8-1-2-10(12)7(3-8)4-13-5-9(15)6-14/h1-3,9,13-15H,4-6H2. The molecule has 0 saturated heterocycles. The van der Waals surface area contributed by atoms with E-state index in [1.54, 1.807) is 0 Å². The topological polar surface area (TPSA) is 52.5 Å². The lowest BCUT2D eigenvalue weighted by Crippen LogP contribution is -2.29. The smallest absolute Gasteiger partial charge is 0.0895 e. The number of benzene rings is 1. The van der Waals surface area contributed by atoms with Gasteiger partial charge in [-0.1, -0.05) is 27.5 Å². The van der Waals surface area contributed by atoms with E-state index in [1.807, 2.05) is 18.2 Å². The zero-order chi connectivity index (χ0) is 11.3. The van der Waals surface area contributed by atoms with Crippen molar-refractivity contribution in [2.45, 2.75) is 12.6 Å². The summed E-state index contributed by atoms with van der Waals surface area (Å²) in [7, 11) is 0. The van der Waals surface area contributed by atoms with Crippen LogP contribution in [0.25, 0.3) is 0 Å². The van der Waals surface area contributed by atoms with E-state index in [9.17, 15) is 0 Å². The van der Waals surface area contributed by atoms with Crippen molar-refractivity contribution in [2.24, 2.45) is 0 Å². The lowest BCUT2D eigenvalue weighted by Gasteiger charge is -2.10. The number of halogens is 2. The Morgan fingerprint density at radius 3 is 2.87 bits per heavy atom. The van der Waals surface area contributed by atoms with Crippen LogP contribution in [0.2, 0.25) is 5.02 Å². The van der Waals surface area contributed by atoms with E-state index < -0.39 is 6.10 Å². The average molecular weight is 295 g/mol. The van der Waals surface area contributed by atoms with Gasteiger partial charge in [0, 0.05) is 22.6 Å². The molecule has 1 aromatic carbocycles. The lowest BCUT2D eigenvalue weighted by molar-refractivity contribution is 0.0942. The largest absolute Gasteiger partial charge is 0.394 e. The molecule has 0 amide bonds. The molecule has 0 aromatic heterocycles. The fourth-order valence-electron chi connectivity index (χ4n) is 1.12. The Morgan fingerprint density at radius 1 is 1.47 bits per heavy atom. The molecule has 0 saturated carbocycles. The zero-order valence-corrected chi connectivity index (χ0v) is 10.4. The number of nitrogens with one attached hydrogen (secondary N) is 1. The Labute approximate surface area is 102 Å². The van der Waals surface area contributed by atoms with Crippen molar-refractivity contribution < 1.29 is 10.2 Å². The van der Waals surface area contributed by atoms with Crippen LogP contribution in [-0.4, -0.2) is 29.5 Å². The molecule has 15 heavy (non-hydrogen) atoms. The summed E-state index contributed by atoms with van der Waals surface area (Å²) in [4.78, 5) is 0. The van der Waals surface area contributed by atoms with E-state index in [-0.39, 0.29) is 6.61 Å². The molecule has 0 aliphatic carbocycles. The first-order chi connectivity index (χ1) is 7.13. The minimum absolute atomic E-state index is 0.237. The molecule has 0 aliphatic heterocycles. The highest BCUT2D eigenvalue weighted by molar-refractivity contribution is 9.10. The van der Waals surface area contributed by atoms with Gasteiger partial charge in [-0.25, -0.2) is 0 Å². The van der Waals surface area contributed by atoms with Gasteiger partial charge in [-0.05, 0) is 23.8 Å². The first kappa shape index (κ1) is 12.9. The highest BCUT2D eigenvalue weighted by Gasteiger charge is 2.03. The highest BCUT2D eigenvalue weighted by Crippen LogP contribution is 2.20. The van der Waals surface area contributed by atoms with Gasteiger partial charge in [0.15, 0.2) is 0 Å². The summed E-state index contributed by atoms with van der Waals surface area (Å²) in [6.07, 6.45) is -0.726. The van der Waals surface area contributed by atoms with Crippen LogP contribution in [0.1, 0.15) is 5.56 Å². The number of rotatable bonds is 5. The van der Waals surface area contributed by atoms with Crippen molar-refractivity contribution >= 4 is 27.5 Å². The molecule has 1 aromatic rings. The first-order valence-electron chi connectivity index (χ1n) is 4.57. The second-order valence-electron chi connectivity index (χ2n) is 3.20. The third-order valence-electron chi connectivity index (χ3n) is 1.91. The molecule has 3 N–H and O–H groups in total. The van der Waals surface area contributed by atoms with Gasteiger partial charge in [0.05, 0.1) is 12.7 Å². The Bertz CT molecular complexity index is 322.